The number of ether oxygens (including phenoxy) is 2. The second kappa shape index (κ2) is 4.63. The van der Waals surface area contributed by atoms with Crippen LogP contribution in [-0.2, 0) is 4.74 Å². The first-order valence-corrected chi connectivity index (χ1v) is 3.73. The smallest absolute Gasteiger partial charge is 0.387 e. The average molecular weight is 221 g/mol. The van der Waals surface area contributed by atoms with Gasteiger partial charge in [0.2, 0.25) is 0 Å². The SMILES string of the molecule is COC(=O)c1ncc(OC(F)F)cc1F. The molecule has 0 aromatic carbocycles. The fourth-order valence-corrected chi connectivity index (χ4v) is 0.835. The van der Waals surface area contributed by atoms with Crippen LogP contribution in [0.15, 0.2) is 12.3 Å². The molecule has 0 spiro atoms. The fourth-order valence-electron chi connectivity index (χ4n) is 0.835. The summed E-state index contributed by atoms with van der Waals surface area (Å²) in [6, 6.07) is 0.630. The van der Waals surface area contributed by atoms with E-state index in [4.69, 9.17) is 0 Å². The summed E-state index contributed by atoms with van der Waals surface area (Å²) in [5.41, 5.74) is -0.584. The predicted molar refractivity (Wildman–Crippen MR) is 42.2 cm³/mol. The van der Waals surface area contributed by atoms with Crippen LogP contribution in [0.5, 0.6) is 5.75 Å². The molecular weight excluding hydrogens is 215 g/mol. The van der Waals surface area contributed by atoms with Gasteiger partial charge in [0, 0.05) is 6.07 Å². The highest BCUT2D eigenvalue weighted by molar-refractivity contribution is 5.87. The van der Waals surface area contributed by atoms with E-state index in [0.717, 1.165) is 13.3 Å². The molecule has 0 aliphatic rings. The summed E-state index contributed by atoms with van der Waals surface area (Å²) in [7, 11) is 1.05. The molecule has 1 aromatic rings. The van der Waals surface area contributed by atoms with Gasteiger partial charge in [0.25, 0.3) is 0 Å². The first-order chi connectivity index (χ1) is 7.04. The summed E-state index contributed by atoms with van der Waals surface area (Å²) in [5, 5.41) is 0. The first kappa shape index (κ1) is 11.3. The maximum absolute atomic E-state index is 13.0. The van der Waals surface area contributed by atoms with Gasteiger partial charge in [-0.2, -0.15) is 8.78 Å². The molecule has 0 saturated heterocycles. The highest BCUT2D eigenvalue weighted by Crippen LogP contribution is 2.16. The van der Waals surface area contributed by atoms with Gasteiger partial charge in [-0.05, 0) is 0 Å². The van der Waals surface area contributed by atoms with E-state index in [1.807, 2.05) is 0 Å². The number of alkyl halides is 2. The molecule has 0 bridgehead atoms. The first-order valence-electron chi connectivity index (χ1n) is 3.73. The molecule has 82 valence electrons. The second-order valence-electron chi connectivity index (χ2n) is 2.37. The van der Waals surface area contributed by atoms with E-state index in [1.165, 1.54) is 0 Å². The minimum atomic E-state index is -3.07. The number of esters is 1. The van der Waals surface area contributed by atoms with Crippen molar-refractivity contribution in [3.8, 4) is 5.75 Å². The monoisotopic (exact) mass is 221 g/mol. The molecule has 7 heteroatoms. The maximum atomic E-state index is 13.0. The lowest BCUT2D eigenvalue weighted by atomic mass is 10.3. The van der Waals surface area contributed by atoms with Gasteiger partial charge in [0.1, 0.15) is 5.75 Å². The topological polar surface area (TPSA) is 48.4 Å². The Morgan fingerprint density at radius 2 is 2.20 bits per heavy atom. The molecule has 15 heavy (non-hydrogen) atoms. The number of pyridine rings is 1. The lowest BCUT2D eigenvalue weighted by Crippen LogP contribution is -2.09. The quantitative estimate of drug-likeness (QED) is 0.727. The lowest BCUT2D eigenvalue weighted by molar-refractivity contribution is -0.0502. The van der Waals surface area contributed by atoms with Crippen molar-refractivity contribution in [1.82, 2.24) is 4.98 Å². The molecule has 0 aliphatic carbocycles. The van der Waals surface area contributed by atoms with E-state index < -0.39 is 29.8 Å². The Morgan fingerprint density at radius 1 is 1.53 bits per heavy atom. The number of carbonyl (C=O) groups excluding carboxylic acids is 1. The number of carbonyl (C=O) groups is 1. The van der Waals surface area contributed by atoms with Crippen LogP contribution in [0, 0.1) is 5.82 Å². The summed E-state index contributed by atoms with van der Waals surface area (Å²) in [5.74, 6) is -2.54. The van der Waals surface area contributed by atoms with Crippen LogP contribution in [-0.4, -0.2) is 24.7 Å². The standard InChI is InChI=1S/C8H6F3NO3/c1-14-7(13)6-5(9)2-4(3-12-6)15-8(10)11/h2-3,8H,1H3. The molecule has 0 radical (unpaired) electrons. The summed E-state index contributed by atoms with van der Waals surface area (Å²) in [6.45, 7) is -3.07. The fraction of sp³-hybridized carbons (Fsp3) is 0.250. The molecule has 0 unspecified atom stereocenters. The number of nitrogens with zero attached hydrogens (tertiary/aromatic N) is 1. The number of aromatic nitrogens is 1. The van der Waals surface area contributed by atoms with E-state index >= 15 is 0 Å². The van der Waals surface area contributed by atoms with Crippen LogP contribution in [0.25, 0.3) is 0 Å². The van der Waals surface area contributed by atoms with Gasteiger partial charge in [-0.25, -0.2) is 14.2 Å². The van der Waals surface area contributed by atoms with E-state index in [2.05, 4.69) is 14.5 Å². The molecular formula is C8H6F3NO3. The molecule has 1 aromatic heterocycles. The zero-order chi connectivity index (χ0) is 11.4. The van der Waals surface area contributed by atoms with Gasteiger partial charge < -0.3 is 9.47 Å². The molecule has 1 heterocycles. The predicted octanol–water partition coefficient (Wildman–Crippen LogP) is 1.61. The molecule has 0 saturated carbocycles. The largest absolute Gasteiger partial charge is 0.464 e. The van der Waals surface area contributed by atoms with Crippen molar-refractivity contribution < 1.29 is 27.4 Å². The summed E-state index contributed by atoms with van der Waals surface area (Å²) >= 11 is 0. The van der Waals surface area contributed by atoms with E-state index in [1.54, 1.807) is 0 Å². The maximum Gasteiger partial charge on any atom is 0.387 e. The van der Waals surface area contributed by atoms with Gasteiger partial charge >= 0.3 is 12.6 Å². The van der Waals surface area contributed by atoms with Crippen LogP contribution in [0.2, 0.25) is 0 Å². The van der Waals surface area contributed by atoms with Crippen molar-refractivity contribution in [2.45, 2.75) is 6.61 Å². The van der Waals surface area contributed by atoms with Gasteiger partial charge in [-0.15, -0.1) is 0 Å². The van der Waals surface area contributed by atoms with E-state index in [9.17, 15) is 18.0 Å². The van der Waals surface area contributed by atoms with Gasteiger partial charge in [-0.1, -0.05) is 0 Å². The van der Waals surface area contributed by atoms with Crippen LogP contribution in [0.4, 0.5) is 13.2 Å². The third-order valence-corrected chi connectivity index (χ3v) is 1.42. The van der Waals surface area contributed by atoms with Crippen molar-refractivity contribution in [2.75, 3.05) is 7.11 Å². The summed E-state index contributed by atoms with van der Waals surface area (Å²) in [4.78, 5) is 14.1. The summed E-state index contributed by atoms with van der Waals surface area (Å²) < 4.78 is 44.6. The number of hydrogen-bond acceptors (Lipinski definition) is 4. The number of halogens is 3. The Labute approximate surface area is 82.6 Å². The highest BCUT2D eigenvalue weighted by Gasteiger charge is 2.15. The van der Waals surface area contributed by atoms with Gasteiger partial charge in [0.05, 0.1) is 13.3 Å². The number of methoxy groups -OCH3 is 1. The molecule has 4 nitrogen and oxygen atoms in total. The lowest BCUT2D eigenvalue weighted by Gasteiger charge is -2.05. The molecule has 1 rings (SSSR count). The third-order valence-electron chi connectivity index (χ3n) is 1.42. The van der Waals surface area contributed by atoms with E-state index in [0.29, 0.717) is 6.07 Å². The van der Waals surface area contributed by atoms with Crippen molar-refractivity contribution in [1.29, 1.82) is 0 Å². The Morgan fingerprint density at radius 3 is 2.67 bits per heavy atom. The second-order valence-corrected chi connectivity index (χ2v) is 2.37. The van der Waals surface area contributed by atoms with Crippen molar-refractivity contribution in [3.63, 3.8) is 0 Å². The van der Waals surface area contributed by atoms with Crippen molar-refractivity contribution in [2.24, 2.45) is 0 Å². The Balaban J connectivity index is 2.93. The van der Waals surface area contributed by atoms with Crippen molar-refractivity contribution >= 4 is 5.97 Å². The minimum absolute atomic E-state index is 0.463. The van der Waals surface area contributed by atoms with Crippen LogP contribution >= 0.6 is 0 Å². The Hall–Kier alpha value is -1.79. The molecule has 0 atom stereocenters. The normalized spacial score (nSPS) is 10.2. The van der Waals surface area contributed by atoms with Gasteiger partial charge in [-0.3, -0.25) is 0 Å². The molecule has 0 fully saturated rings. The van der Waals surface area contributed by atoms with Crippen molar-refractivity contribution in [3.05, 3.63) is 23.8 Å². The minimum Gasteiger partial charge on any atom is -0.464 e. The average Bonchev–Trinajstić information content (AvgIpc) is 2.16. The zero-order valence-corrected chi connectivity index (χ0v) is 7.54. The zero-order valence-electron chi connectivity index (χ0n) is 7.54. The highest BCUT2D eigenvalue weighted by atomic mass is 19.3. The Bertz CT molecular complexity index is 370. The number of hydrogen-bond donors (Lipinski definition) is 0. The molecule has 0 amide bonds. The molecule has 0 N–H and O–H groups in total. The van der Waals surface area contributed by atoms with E-state index in [-0.39, 0.29) is 0 Å². The van der Waals surface area contributed by atoms with Crippen LogP contribution in [0.1, 0.15) is 10.5 Å². The number of rotatable bonds is 3. The van der Waals surface area contributed by atoms with Crippen LogP contribution < -0.4 is 4.74 Å². The van der Waals surface area contributed by atoms with Crippen LogP contribution in [0.3, 0.4) is 0 Å². The summed E-state index contributed by atoms with van der Waals surface area (Å²) in [6.07, 6.45) is 0.807. The van der Waals surface area contributed by atoms with Gasteiger partial charge in [0.15, 0.2) is 11.5 Å². The third kappa shape index (κ3) is 2.83. The Kier molecular flexibility index (Phi) is 3.48. The molecule has 0 aliphatic heterocycles.